The van der Waals surface area contributed by atoms with E-state index < -0.39 is 5.41 Å². The molecule has 0 amide bonds. The molecule has 0 aliphatic heterocycles. The van der Waals surface area contributed by atoms with Gasteiger partial charge < -0.3 is 4.90 Å². The second-order valence-corrected chi connectivity index (χ2v) is 15.9. The van der Waals surface area contributed by atoms with E-state index in [0.717, 1.165) is 28.2 Å². The molecular weight excluding hydrogens is 747 g/mol. The van der Waals surface area contributed by atoms with Crippen molar-refractivity contribution in [3.8, 4) is 44.5 Å². The molecule has 0 fully saturated rings. The van der Waals surface area contributed by atoms with Crippen molar-refractivity contribution >= 4 is 22.6 Å². The van der Waals surface area contributed by atoms with Crippen LogP contribution in [-0.2, 0) is 5.41 Å². The van der Waals surface area contributed by atoms with Gasteiger partial charge in [-0.3, -0.25) is 0 Å². The molecule has 0 aromatic heterocycles. The minimum absolute atomic E-state index is 0.588. The Kier molecular flexibility index (Phi) is 9.38. The number of fused-ring (bicyclic) bond motifs is 3. The molecule has 2 aliphatic carbocycles. The molecule has 62 heavy (non-hydrogen) atoms. The van der Waals surface area contributed by atoms with Gasteiger partial charge in [-0.2, -0.15) is 0 Å². The monoisotopic (exact) mass is 787 g/mol. The maximum atomic E-state index is 3.28. The summed E-state index contributed by atoms with van der Waals surface area (Å²) in [4.78, 5) is 2.39. The van der Waals surface area contributed by atoms with Crippen LogP contribution in [-0.4, -0.2) is 0 Å². The SMILES string of the molecule is C1=C=C(c2ccc(N(c3ccc(-c4ccccc4)cc3)c3ccc4c(c3)C(c3ccccc3)(c3ccccc3)c3cc(-c5ccc(-c6ccccc6)cc5)ccc3-4)cc2)C=CC=1. The van der Waals surface area contributed by atoms with Crippen LogP contribution in [0.15, 0.2) is 260 Å². The fraction of sp³-hybridized carbons (Fsp3) is 0.0164. The van der Waals surface area contributed by atoms with Gasteiger partial charge in [-0.1, -0.05) is 206 Å². The average Bonchev–Trinajstić information content (AvgIpc) is 3.65. The van der Waals surface area contributed by atoms with Crippen molar-refractivity contribution in [1.82, 2.24) is 0 Å². The molecule has 11 rings (SSSR count). The third-order valence-electron chi connectivity index (χ3n) is 12.4. The number of anilines is 3. The molecule has 9 aromatic carbocycles. The summed E-state index contributed by atoms with van der Waals surface area (Å²) in [5, 5.41) is 0. The van der Waals surface area contributed by atoms with Gasteiger partial charge in [0.05, 0.1) is 5.41 Å². The van der Waals surface area contributed by atoms with Gasteiger partial charge in [0.25, 0.3) is 0 Å². The van der Waals surface area contributed by atoms with Gasteiger partial charge in [0.1, 0.15) is 0 Å². The quantitative estimate of drug-likeness (QED) is 0.132. The number of rotatable bonds is 9. The molecule has 290 valence electrons. The Hall–Kier alpha value is -8.18. The van der Waals surface area contributed by atoms with Crippen LogP contribution in [0, 0.1) is 0 Å². The van der Waals surface area contributed by atoms with Crippen molar-refractivity contribution in [1.29, 1.82) is 0 Å². The minimum Gasteiger partial charge on any atom is -0.310 e. The number of hydrogen-bond acceptors (Lipinski definition) is 1. The summed E-state index contributed by atoms with van der Waals surface area (Å²) in [7, 11) is 0. The Bertz CT molecular complexity index is 3150. The van der Waals surface area contributed by atoms with Gasteiger partial charge in [0.15, 0.2) is 0 Å². The molecular formula is C61H41N. The summed E-state index contributed by atoms with van der Waals surface area (Å²) in [5.74, 6) is 0. The third-order valence-corrected chi connectivity index (χ3v) is 12.4. The summed E-state index contributed by atoms with van der Waals surface area (Å²) in [6.45, 7) is 0. The van der Waals surface area contributed by atoms with Crippen molar-refractivity contribution < 1.29 is 0 Å². The van der Waals surface area contributed by atoms with Crippen LogP contribution in [0.3, 0.4) is 0 Å². The Morgan fingerprint density at radius 1 is 0.339 bits per heavy atom. The van der Waals surface area contributed by atoms with Crippen molar-refractivity contribution in [2.75, 3.05) is 4.90 Å². The zero-order valence-corrected chi connectivity index (χ0v) is 34.1. The van der Waals surface area contributed by atoms with E-state index in [1.165, 1.54) is 66.8 Å². The topological polar surface area (TPSA) is 3.24 Å². The van der Waals surface area contributed by atoms with E-state index in [1.54, 1.807) is 0 Å². The van der Waals surface area contributed by atoms with Crippen molar-refractivity contribution in [2.45, 2.75) is 5.41 Å². The molecule has 0 atom stereocenters. The predicted molar refractivity (Wildman–Crippen MR) is 259 cm³/mol. The maximum absolute atomic E-state index is 3.28. The Labute approximate surface area is 363 Å². The van der Waals surface area contributed by atoms with Crippen molar-refractivity contribution in [3.63, 3.8) is 0 Å². The lowest BCUT2D eigenvalue weighted by Crippen LogP contribution is -2.28. The van der Waals surface area contributed by atoms with Gasteiger partial charge in [-0.15, -0.1) is 0 Å². The van der Waals surface area contributed by atoms with Crippen molar-refractivity contribution in [2.24, 2.45) is 0 Å². The highest BCUT2D eigenvalue weighted by Gasteiger charge is 2.46. The number of allylic oxidation sites excluding steroid dienone is 4. The average molecular weight is 788 g/mol. The summed E-state index contributed by atoms with van der Waals surface area (Å²) < 4.78 is 0. The van der Waals surface area contributed by atoms with Crippen LogP contribution in [0.2, 0.25) is 0 Å². The van der Waals surface area contributed by atoms with Crippen LogP contribution in [0.4, 0.5) is 17.1 Å². The molecule has 0 unspecified atom stereocenters. The lowest BCUT2D eigenvalue weighted by molar-refractivity contribution is 0.768. The van der Waals surface area contributed by atoms with Gasteiger partial charge in [0.2, 0.25) is 0 Å². The molecule has 2 aliphatic rings. The summed E-state index contributed by atoms with van der Waals surface area (Å²) >= 11 is 0. The van der Waals surface area contributed by atoms with Gasteiger partial charge in [-0.25, -0.2) is 0 Å². The van der Waals surface area contributed by atoms with E-state index in [-0.39, 0.29) is 0 Å². The standard InChI is InChI=1S/C61H41N/c1-6-16-44(17-7-1)47-26-28-50(29-27-47)51-34-40-57-58-41-39-56(43-60(58)61(59(57)42-51,52-22-12-4-13-23-52)53-24-14-5-15-25-53)62(54-35-30-48(31-36-54)45-18-8-2-9-19-45)55-37-32-49(33-38-55)46-20-10-3-11-21-46/h1-10,12-20,22-43H. The van der Waals surface area contributed by atoms with E-state index in [0.29, 0.717) is 0 Å². The van der Waals surface area contributed by atoms with E-state index >= 15 is 0 Å². The lowest BCUT2D eigenvalue weighted by atomic mass is 9.67. The first-order valence-corrected chi connectivity index (χ1v) is 21.2. The van der Waals surface area contributed by atoms with Crippen molar-refractivity contribution in [3.05, 3.63) is 288 Å². The molecule has 0 bridgehead atoms. The van der Waals surface area contributed by atoms with Gasteiger partial charge >= 0.3 is 0 Å². The Morgan fingerprint density at radius 2 is 0.742 bits per heavy atom. The molecule has 9 aromatic rings. The molecule has 0 N–H and O–H groups in total. The fourth-order valence-electron chi connectivity index (χ4n) is 9.47. The highest BCUT2D eigenvalue weighted by Crippen LogP contribution is 2.58. The first-order valence-electron chi connectivity index (χ1n) is 21.2. The number of nitrogens with zero attached hydrogens (tertiary/aromatic N) is 1. The third kappa shape index (κ3) is 6.47. The van der Waals surface area contributed by atoms with E-state index in [1.807, 2.05) is 12.2 Å². The lowest BCUT2D eigenvalue weighted by Gasteiger charge is -2.35. The highest BCUT2D eigenvalue weighted by molar-refractivity contribution is 5.91. The van der Waals surface area contributed by atoms with Crippen LogP contribution in [0.1, 0.15) is 27.8 Å². The molecule has 1 heteroatoms. The van der Waals surface area contributed by atoms with E-state index in [4.69, 9.17) is 0 Å². The second-order valence-electron chi connectivity index (χ2n) is 15.9. The normalized spacial score (nSPS) is 13.0. The zero-order valence-electron chi connectivity index (χ0n) is 34.1. The first-order chi connectivity index (χ1) is 30.7. The molecule has 0 saturated heterocycles. The van der Waals surface area contributed by atoms with Gasteiger partial charge in [-0.05, 0) is 127 Å². The molecule has 0 heterocycles. The maximum Gasteiger partial charge on any atom is 0.0714 e. The molecule has 0 spiro atoms. The number of hydrogen-bond donors (Lipinski definition) is 0. The molecule has 0 radical (unpaired) electrons. The zero-order chi connectivity index (χ0) is 41.3. The van der Waals surface area contributed by atoms with Crippen LogP contribution in [0.25, 0.3) is 50.1 Å². The number of benzene rings is 9. The smallest absolute Gasteiger partial charge is 0.0714 e. The van der Waals surface area contributed by atoms with E-state index in [2.05, 4.69) is 253 Å². The van der Waals surface area contributed by atoms with Crippen LogP contribution >= 0.6 is 0 Å². The first kappa shape index (κ1) is 36.9. The predicted octanol–water partition coefficient (Wildman–Crippen LogP) is 15.8. The Balaban J connectivity index is 1.10. The van der Waals surface area contributed by atoms with Crippen LogP contribution < -0.4 is 4.90 Å². The van der Waals surface area contributed by atoms with E-state index in [9.17, 15) is 0 Å². The van der Waals surface area contributed by atoms with Gasteiger partial charge in [0, 0.05) is 22.6 Å². The Morgan fingerprint density at radius 3 is 1.26 bits per heavy atom. The van der Waals surface area contributed by atoms with Crippen LogP contribution in [0.5, 0.6) is 0 Å². The summed E-state index contributed by atoms with van der Waals surface area (Å²) in [5.41, 5.74) is 25.9. The molecule has 1 nitrogen and oxygen atoms in total. The minimum atomic E-state index is -0.588. The second kappa shape index (κ2) is 15.8. The summed E-state index contributed by atoms with van der Waals surface area (Å²) in [6, 6.07) is 84.3. The summed E-state index contributed by atoms with van der Waals surface area (Å²) in [6.07, 6.45) is 5.99. The largest absolute Gasteiger partial charge is 0.310 e. The fourth-order valence-corrected chi connectivity index (χ4v) is 9.47. The molecule has 0 saturated carbocycles. The highest BCUT2D eigenvalue weighted by atomic mass is 15.1.